The molecule has 0 radical (unpaired) electrons. The highest BCUT2D eigenvalue weighted by molar-refractivity contribution is 6.04. The molecule has 0 fully saturated rings. The van der Waals surface area contributed by atoms with E-state index in [9.17, 15) is 18.4 Å². The molecule has 0 aliphatic carbocycles. The van der Waals surface area contributed by atoms with E-state index in [2.05, 4.69) is 20.4 Å². The zero-order valence-corrected chi connectivity index (χ0v) is 14.7. The van der Waals surface area contributed by atoms with Gasteiger partial charge in [-0.05, 0) is 48.5 Å². The van der Waals surface area contributed by atoms with Gasteiger partial charge in [-0.1, -0.05) is 6.07 Å². The number of hydrogen-bond donors (Lipinski definition) is 2. The summed E-state index contributed by atoms with van der Waals surface area (Å²) < 4.78 is 31.9. The molecule has 0 unspecified atom stereocenters. The number of amides is 1. The number of pyridine rings is 1. The minimum absolute atomic E-state index is 0.183. The number of carbonyl (C=O) groups is 2. The second-order valence-electron chi connectivity index (χ2n) is 5.68. The van der Waals surface area contributed by atoms with E-state index in [-0.39, 0.29) is 17.1 Å². The van der Waals surface area contributed by atoms with Crippen LogP contribution in [-0.4, -0.2) is 24.0 Å². The molecule has 3 aromatic rings. The normalized spacial score (nSPS) is 10.2. The van der Waals surface area contributed by atoms with Crippen molar-refractivity contribution in [1.82, 2.24) is 4.98 Å². The van der Waals surface area contributed by atoms with Gasteiger partial charge in [0.15, 0.2) is 0 Å². The molecule has 0 aliphatic rings. The zero-order chi connectivity index (χ0) is 20.1. The first-order valence-corrected chi connectivity index (χ1v) is 8.15. The summed E-state index contributed by atoms with van der Waals surface area (Å²) in [6.07, 6.45) is 1.28. The van der Waals surface area contributed by atoms with Gasteiger partial charge in [0.25, 0.3) is 5.91 Å². The summed E-state index contributed by atoms with van der Waals surface area (Å²) in [5.41, 5.74) is 0.765. The molecule has 6 nitrogen and oxygen atoms in total. The van der Waals surface area contributed by atoms with Crippen molar-refractivity contribution in [2.75, 3.05) is 17.7 Å². The first kappa shape index (κ1) is 19.0. The average Bonchev–Trinajstić information content (AvgIpc) is 2.71. The van der Waals surface area contributed by atoms with Gasteiger partial charge in [-0.25, -0.2) is 18.6 Å². The molecule has 2 aromatic carbocycles. The largest absolute Gasteiger partial charge is 0.465 e. The van der Waals surface area contributed by atoms with Crippen LogP contribution in [-0.2, 0) is 4.74 Å². The molecule has 0 saturated heterocycles. The van der Waals surface area contributed by atoms with Crippen molar-refractivity contribution >= 4 is 29.1 Å². The standard InChI is InChI=1S/C20H15F2N3O3/c1-28-20(27)12-5-8-14(9-6-12)24-19(26)13-7-10-17(23-11-13)25-18-15(21)3-2-4-16(18)22/h2-11H,1H3,(H,23,25)(H,24,26). The maximum atomic E-state index is 13.7. The molecular weight excluding hydrogens is 368 g/mol. The number of nitrogens with one attached hydrogen (secondary N) is 2. The predicted octanol–water partition coefficient (Wildman–Crippen LogP) is 4.14. The number of ether oxygens (including phenoxy) is 1. The van der Waals surface area contributed by atoms with Crippen LogP contribution in [0.5, 0.6) is 0 Å². The highest BCUT2D eigenvalue weighted by Crippen LogP contribution is 2.22. The summed E-state index contributed by atoms with van der Waals surface area (Å²) in [7, 11) is 1.28. The monoisotopic (exact) mass is 383 g/mol. The molecule has 1 amide bonds. The Labute approximate surface area is 159 Å². The van der Waals surface area contributed by atoms with E-state index in [4.69, 9.17) is 0 Å². The van der Waals surface area contributed by atoms with Gasteiger partial charge < -0.3 is 15.4 Å². The third-order valence-corrected chi connectivity index (χ3v) is 3.81. The van der Waals surface area contributed by atoms with Crippen LogP contribution in [0.2, 0.25) is 0 Å². The minimum atomic E-state index is -0.751. The number of hydrogen-bond acceptors (Lipinski definition) is 5. The third-order valence-electron chi connectivity index (χ3n) is 3.81. The Kier molecular flexibility index (Phi) is 5.59. The fourth-order valence-electron chi connectivity index (χ4n) is 2.36. The van der Waals surface area contributed by atoms with Crippen molar-refractivity contribution in [2.45, 2.75) is 0 Å². The van der Waals surface area contributed by atoms with E-state index in [0.29, 0.717) is 11.3 Å². The highest BCUT2D eigenvalue weighted by Gasteiger charge is 2.11. The number of rotatable bonds is 5. The number of methoxy groups -OCH3 is 1. The van der Waals surface area contributed by atoms with Crippen LogP contribution in [0.1, 0.15) is 20.7 Å². The maximum absolute atomic E-state index is 13.7. The van der Waals surface area contributed by atoms with E-state index < -0.39 is 23.5 Å². The third kappa shape index (κ3) is 4.29. The smallest absolute Gasteiger partial charge is 0.337 e. The van der Waals surface area contributed by atoms with Crippen LogP contribution in [0.15, 0.2) is 60.8 Å². The first-order valence-electron chi connectivity index (χ1n) is 8.15. The Morgan fingerprint density at radius 3 is 2.14 bits per heavy atom. The Balaban J connectivity index is 1.67. The molecule has 1 aromatic heterocycles. The molecule has 8 heteroatoms. The van der Waals surface area contributed by atoms with Gasteiger partial charge in [0.2, 0.25) is 0 Å². The zero-order valence-electron chi connectivity index (χ0n) is 14.7. The second-order valence-corrected chi connectivity index (χ2v) is 5.68. The summed E-state index contributed by atoms with van der Waals surface area (Å²) in [6, 6.07) is 12.6. The quantitative estimate of drug-likeness (QED) is 0.647. The summed E-state index contributed by atoms with van der Waals surface area (Å²) in [5, 5.41) is 5.20. The molecule has 1 heterocycles. The number of aromatic nitrogens is 1. The molecule has 142 valence electrons. The van der Waals surface area contributed by atoms with E-state index >= 15 is 0 Å². The number of benzene rings is 2. The van der Waals surface area contributed by atoms with Crippen LogP contribution < -0.4 is 10.6 Å². The molecule has 2 N–H and O–H groups in total. The average molecular weight is 383 g/mol. The van der Waals surface area contributed by atoms with Gasteiger partial charge in [-0.3, -0.25) is 4.79 Å². The minimum Gasteiger partial charge on any atom is -0.465 e. The SMILES string of the molecule is COC(=O)c1ccc(NC(=O)c2ccc(Nc3c(F)cccc3F)nc2)cc1. The fourth-order valence-corrected chi connectivity index (χ4v) is 2.36. The van der Waals surface area contributed by atoms with E-state index in [1.54, 1.807) is 12.1 Å². The van der Waals surface area contributed by atoms with Gasteiger partial charge in [0, 0.05) is 11.9 Å². The first-order chi connectivity index (χ1) is 13.5. The molecule has 28 heavy (non-hydrogen) atoms. The van der Waals surface area contributed by atoms with Gasteiger partial charge in [0.1, 0.15) is 23.1 Å². The Morgan fingerprint density at radius 1 is 0.929 bits per heavy atom. The van der Waals surface area contributed by atoms with Gasteiger partial charge >= 0.3 is 5.97 Å². The molecule has 3 rings (SSSR count). The topological polar surface area (TPSA) is 80.3 Å². The lowest BCUT2D eigenvalue weighted by molar-refractivity contribution is 0.0600. The van der Waals surface area contributed by atoms with Crippen molar-refractivity contribution in [2.24, 2.45) is 0 Å². The lowest BCUT2D eigenvalue weighted by atomic mass is 10.2. The van der Waals surface area contributed by atoms with Gasteiger partial charge in [-0.2, -0.15) is 0 Å². The van der Waals surface area contributed by atoms with E-state index in [1.807, 2.05) is 0 Å². The molecular formula is C20H15F2N3O3. The number of halogens is 2. The van der Waals surface area contributed by atoms with Gasteiger partial charge in [-0.15, -0.1) is 0 Å². The molecule has 0 saturated carbocycles. The second kappa shape index (κ2) is 8.26. The Morgan fingerprint density at radius 2 is 1.57 bits per heavy atom. The van der Waals surface area contributed by atoms with E-state index in [0.717, 1.165) is 12.1 Å². The van der Waals surface area contributed by atoms with Crippen molar-refractivity contribution in [3.63, 3.8) is 0 Å². The predicted molar refractivity (Wildman–Crippen MR) is 99.6 cm³/mol. The van der Waals surface area contributed by atoms with Crippen LogP contribution in [0.3, 0.4) is 0 Å². The van der Waals surface area contributed by atoms with Crippen LogP contribution in [0, 0.1) is 11.6 Å². The molecule has 0 spiro atoms. The van der Waals surface area contributed by atoms with Crippen LogP contribution >= 0.6 is 0 Å². The summed E-state index contributed by atoms with van der Waals surface area (Å²) in [6.45, 7) is 0. The number of anilines is 3. The van der Waals surface area contributed by atoms with Crippen molar-refractivity contribution in [3.05, 3.63) is 83.6 Å². The lowest BCUT2D eigenvalue weighted by Gasteiger charge is -2.09. The van der Waals surface area contributed by atoms with Crippen LogP contribution in [0.4, 0.5) is 26.0 Å². The fraction of sp³-hybridized carbons (Fsp3) is 0.0500. The molecule has 0 atom stereocenters. The lowest BCUT2D eigenvalue weighted by Crippen LogP contribution is -2.12. The summed E-state index contributed by atoms with van der Waals surface area (Å²) >= 11 is 0. The number of para-hydroxylation sites is 1. The number of nitrogens with zero attached hydrogens (tertiary/aromatic N) is 1. The van der Waals surface area contributed by atoms with Crippen LogP contribution in [0.25, 0.3) is 0 Å². The Bertz CT molecular complexity index is 986. The van der Waals surface area contributed by atoms with E-state index in [1.165, 1.54) is 43.6 Å². The summed E-state index contributed by atoms with van der Waals surface area (Å²) in [5.74, 6) is -2.22. The number of esters is 1. The maximum Gasteiger partial charge on any atom is 0.337 e. The molecule has 0 bridgehead atoms. The number of carbonyl (C=O) groups excluding carboxylic acids is 2. The molecule has 0 aliphatic heterocycles. The highest BCUT2D eigenvalue weighted by atomic mass is 19.1. The van der Waals surface area contributed by atoms with Crippen molar-refractivity contribution < 1.29 is 23.1 Å². The Hall–Kier alpha value is -3.81. The van der Waals surface area contributed by atoms with Crippen molar-refractivity contribution in [3.8, 4) is 0 Å². The van der Waals surface area contributed by atoms with Crippen molar-refractivity contribution in [1.29, 1.82) is 0 Å². The summed E-state index contributed by atoms with van der Waals surface area (Å²) in [4.78, 5) is 27.7. The van der Waals surface area contributed by atoms with Gasteiger partial charge in [0.05, 0.1) is 18.2 Å².